The summed E-state index contributed by atoms with van der Waals surface area (Å²) in [6, 6.07) is 19.2. The molecule has 0 unspecified atom stereocenters. The fraction of sp³-hybridized carbons (Fsp3) is 0.250. The number of carbonyl (C=O) groups is 1. The van der Waals surface area contributed by atoms with Crippen LogP contribution in [0.4, 0.5) is 16.2 Å². The molecular formula is C28H29N9O. The lowest BCUT2D eigenvalue weighted by Gasteiger charge is -2.38. The van der Waals surface area contributed by atoms with Gasteiger partial charge in [-0.25, -0.2) is 19.8 Å². The van der Waals surface area contributed by atoms with Gasteiger partial charge in [0.25, 0.3) is 0 Å². The maximum atomic E-state index is 13.5. The molecule has 10 nitrogen and oxygen atoms in total. The molecule has 10 heteroatoms. The molecule has 5 rings (SSSR count). The Bertz CT molecular complexity index is 1390. The van der Waals surface area contributed by atoms with Crippen LogP contribution in [0.5, 0.6) is 0 Å². The molecule has 0 spiro atoms. The molecule has 0 aliphatic carbocycles. The molecule has 2 aromatic heterocycles. The quantitative estimate of drug-likeness (QED) is 0.389. The zero-order valence-electron chi connectivity index (χ0n) is 21.2. The van der Waals surface area contributed by atoms with Crippen molar-refractivity contribution in [1.82, 2.24) is 30.1 Å². The second-order valence-electron chi connectivity index (χ2n) is 9.16. The first kappa shape index (κ1) is 24.9. The molecule has 1 aliphatic rings. The number of urea groups is 1. The van der Waals surface area contributed by atoms with E-state index in [4.69, 9.17) is 5.26 Å². The Kier molecular flexibility index (Phi) is 7.57. The Morgan fingerprint density at radius 3 is 2.39 bits per heavy atom. The van der Waals surface area contributed by atoms with Gasteiger partial charge in [-0.1, -0.05) is 12.1 Å². The fourth-order valence-corrected chi connectivity index (χ4v) is 4.58. The molecule has 0 bridgehead atoms. The van der Waals surface area contributed by atoms with Crippen LogP contribution in [0.1, 0.15) is 24.2 Å². The molecule has 192 valence electrons. The third-order valence-electron chi connectivity index (χ3n) is 6.55. The topological polar surface area (TPSA) is 115 Å². The third-order valence-corrected chi connectivity index (χ3v) is 6.55. The largest absolute Gasteiger partial charge is 0.330 e. The zero-order valence-corrected chi connectivity index (χ0v) is 21.2. The van der Waals surface area contributed by atoms with Gasteiger partial charge in [0, 0.05) is 61.7 Å². The summed E-state index contributed by atoms with van der Waals surface area (Å²) in [7, 11) is 1.89. The summed E-state index contributed by atoms with van der Waals surface area (Å²) in [6.07, 6.45) is 8.72. The summed E-state index contributed by atoms with van der Waals surface area (Å²) in [4.78, 5) is 23.8. The number of nitrogens with zero attached hydrogens (tertiary/aromatic N) is 7. The SMILES string of the molecule is Cn1cc(-c2ccc(N(C(=O)NCc3ncccn3)C3CCN(Nc4ccc(C#N)cc4)CC3)cc2)cn1. The van der Waals surface area contributed by atoms with E-state index in [9.17, 15) is 4.79 Å². The monoisotopic (exact) mass is 507 g/mol. The molecule has 0 saturated carbocycles. The maximum Gasteiger partial charge on any atom is 0.322 e. The second kappa shape index (κ2) is 11.5. The summed E-state index contributed by atoms with van der Waals surface area (Å²) >= 11 is 0. The number of aryl methyl sites for hydroxylation is 1. The van der Waals surface area contributed by atoms with Crippen LogP contribution >= 0.6 is 0 Å². The van der Waals surface area contributed by atoms with E-state index in [-0.39, 0.29) is 18.6 Å². The van der Waals surface area contributed by atoms with Gasteiger partial charge in [0.2, 0.25) is 0 Å². The van der Waals surface area contributed by atoms with E-state index < -0.39 is 0 Å². The van der Waals surface area contributed by atoms with Crippen molar-refractivity contribution in [2.75, 3.05) is 23.4 Å². The summed E-state index contributed by atoms with van der Waals surface area (Å²) in [6.45, 7) is 1.79. The maximum absolute atomic E-state index is 13.5. The summed E-state index contributed by atoms with van der Waals surface area (Å²) < 4.78 is 1.77. The number of nitrogens with one attached hydrogen (secondary N) is 2. The van der Waals surface area contributed by atoms with Crippen molar-refractivity contribution >= 4 is 17.4 Å². The first-order valence-electron chi connectivity index (χ1n) is 12.5. The molecule has 2 N–H and O–H groups in total. The van der Waals surface area contributed by atoms with E-state index in [0.29, 0.717) is 11.4 Å². The molecular weight excluding hydrogens is 478 g/mol. The van der Waals surface area contributed by atoms with Crippen molar-refractivity contribution in [2.45, 2.75) is 25.4 Å². The van der Waals surface area contributed by atoms with Crippen molar-refractivity contribution < 1.29 is 4.79 Å². The molecule has 1 aliphatic heterocycles. The lowest BCUT2D eigenvalue weighted by molar-refractivity contribution is 0.225. The Hall–Kier alpha value is -4.75. The number of piperidine rings is 1. The number of benzene rings is 2. The fourth-order valence-electron chi connectivity index (χ4n) is 4.58. The van der Waals surface area contributed by atoms with Crippen molar-refractivity contribution in [1.29, 1.82) is 5.26 Å². The highest BCUT2D eigenvalue weighted by Gasteiger charge is 2.29. The molecule has 1 fully saturated rings. The Morgan fingerprint density at radius 1 is 1.05 bits per heavy atom. The van der Waals surface area contributed by atoms with Crippen molar-refractivity contribution in [2.24, 2.45) is 7.05 Å². The highest BCUT2D eigenvalue weighted by molar-refractivity contribution is 5.93. The number of aromatic nitrogens is 4. The van der Waals surface area contributed by atoms with Gasteiger partial charge in [0.15, 0.2) is 0 Å². The Labute approximate surface area is 221 Å². The number of anilines is 2. The van der Waals surface area contributed by atoms with Gasteiger partial charge in [-0.2, -0.15) is 10.4 Å². The van der Waals surface area contributed by atoms with E-state index in [1.807, 2.05) is 60.7 Å². The number of carbonyl (C=O) groups excluding carboxylic acids is 1. The number of hydrogen-bond acceptors (Lipinski definition) is 7. The molecule has 2 amide bonds. The molecule has 3 heterocycles. The smallest absolute Gasteiger partial charge is 0.322 e. The van der Waals surface area contributed by atoms with Gasteiger partial charge in [-0.3, -0.25) is 9.58 Å². The van der Waals surface area contributed by atoms with E-state index in [1.54, 1.807) is 35.3 Å². The van der Waals surface area contributed by atoms with Gasteiger partial charge < -0.3 is 10.7 Å². The minimum atomic E-state index is -0.176. The van der Waals surface area contributed by atoms with Gasteiger partial charge in [0.05, 0.1) is 24.4 Å². The Morgan fingerprint density at radius 2 is 1.76 bits per heavy atom. The van der Waals surface area contributed by atoms with E-state index in [2.05, 4.69) is 36.9 Å². The summed E-state index contributed by atoms with van der Waals surface area (Å²) in [5, 5.41) is 18.4. The number of hydrogen-bond donors (Lipinski definition) is 2. The van der Waals surface area contributed by atoms with E-state index in [0.717, 1.165) is 48.4 Å². The third kappa shape index (κ3) is 5.96. The average molecular weight is 508 g/mol. The number of nitriles is 1. The van der Waals surface area contributed by atoms with Gasteiger partial charge >= 0.3 is 6.03 Å². The van der Waals surface area contributed by atoms with Gasteiger partial charge in [-0.15, -0.1) is 0 Å². The van der Waals surface area contributed by atoms with Crippen LogP contribution in [0, 0.1) is 11.3 Å². The van der Waals surface area contributed by atoms with Crippen LogP contribution in [0.3, 0.4) is 0 Å². The van der Waals surface area contributed by atoms with Crippen LogP contribution in [-0.2, 0) is 13.6 Å². The van der Waals surface area contributed by atoms with Crippen LogP contribution < -0.4 is 15.6 Å². The van der Waals surface area contributed by atoms with Crippen molar-refractivity contribution in [3.05, 3.63) is 90.8 Å². The number of amides is 2. The van der Waals surface area contributed by atoms with E-state index >= 15 is 0 Å². The van der Waals surface area contributed by atoms with Crippen LogP contribution in [0.2, 0.25) is 0 Å². The number of hydrazine groups is 1. The molecule has 1 saturated heterocycles. The first-order valence-corrected chi connectivity index (χ1v) is 12.5. The minimum absolute atomic E-state index is 0.0231. The molecule has 2 aromatic carbocycles. The van der Waals surface area contributed by atoms with Crippen LogP contribution in [0.25, 0.3) is 11.1 Å². The molecule has 0 atom stereocenters. The normalized spacial score (nSPS) is 14.0. The lowest BCUT2D eigenvalue weighted by Crippen LogP contribution is -2.51. The molecule has 0 radical (unpaired) electrons. The van der Waals surface area contributed by atoms with Gasteiger partial charge in [-0.05, 0) is 60.9 Å². The standard InChI is InChI=1S/C28H29N9O/c1-35-20-23(18-33-35)22-5-9-25(10-6-22)37(28(38)32-19-27-30-13-2-14-31-27)26-11-15-36(16-12-26)34-24-7-3-21(17-29)4-8-24/h2-10,13-14,18,20,26,34H,11-12,15-16,19H2,1H3,(H,32,38). The predicted molar refractivity (Wildman–Crippen MR) is 145 cm³/mol. The van der Waals surface area contributed by atoms with Crippen LogP contribution in [0.15, 0.2) is 79.4 Å². The second-order valence-corrected chi connectivity index (χ2v) is 9.16. The number of rotatable bonds is 7. The van der Waals surface area contributed by atoms with E-state index in [1.165, 1.54) is 0 Å². The highest BCUT2D eigenvalue weighted by atomic mass is 16.2. The zero-order chi connectivity index (χ0) is 26.3. The molecule has 4 aromatic rings. The summed E-state index contributed by atoms with van der Waals surface area (Å²) in [5.41, 5.74) is 7.89. The predicted octanol–water partition coefficient (Wildman–Crippen LogP) is 3.96. The Balaban J connectivity index is 1.29. The van der Waals surface area contributed by atoms with Crippen molar-refractivity contribution in [3.63, 3.8) is 0 Å². The summed E-state index contributed by atoms with van der Waals surface area (Å²) in [5.74, 6) is 0.564. The van der Waals surface area contributed by atoms with Crippen molar-refractivity contribution in [3.8, 4) is 17.2 Å². The first-order chi connectivity index (χ1) is 18.6. The average Bonchev–Trinajstić information content (AvgIpc) is 3.40. The minimum Gasteiger partial charge on any atom is -0.330 e. The van der Waals surface area contributed by atoms with Crippen LogP contribution in [-0.4, -0.2) is 49.9 Å². The molecule has 38 heavy (non-hydrogen) atoms. The lowest BCUT2D eigenvalue weighted by atomic mass is 10.0. The van der Waals surface area contributed by atoms with Gasteiger partial charge in [0.1, 0.15) is 5.82 Å². The highest BCUT2D eigenvalue weighted by Crippen LogP contribution is 2.27.